The molecule has 7 rings (SSSR count). The van der Waals surface area contributed by atoms with E-state index in [-0.39, 0.29) is 5.91 Å². The third-order valence-corrected chi connectivity index (χ3v) is 8.09. The Balaban J connectivity index is 1.28. The third-order valence-electron chi connectivity index (χ3n) is 8.09. The minimum Gasteiger partial charge on any atom is -0.497 e. The Morgan fingerprint density at radius 2 is 1.39 bits per heavy atom. The number of fused-ring (bicyclic) bond motifs is 1. The zero-order valence-electron chi connectivity index (χ0n) is 27.9. The van der Waals surface area contributed by atoms with Crippen LogP contribution in [0.3, 0.4) is 0 Å². The van der Waals surface area contributed by atoms with Crippen molar-refractivity contribution in [3.8, 4) is 22.9 Å². The SMILES string of the molecule is C=CC(=O)Nc1cccc(-n2cnc3c(N(Cc4ccccc4)Cc4ccccc4)nc(Nc4ccc(Oc5ccc(OC)cc5)cc4)nc32)c1. The number of nitrogens with zero attached hydrogens (tertiary/aromatic N) is 5. The van der Waals surface area contributed by atoms with Crippen molar-refractivity contribution in [2.75, 3.05) is 22.6 Å². The first-order valence-corrected chi connectivity index (χ1v) is 16.4. The first-order chi connectivity index (χ1) is 25.0. The minimum atomic E-state index is -0.295. The average molecular weight is 674 g/mol. The molecular formula is C41H35N7O3. The molecule has 10 nitrogen and oxygen atoms in total. The molecule has 2 N–H and O–H groups in total. The van der Waals surface area contributed by atoms with E-state index >= 15 is 0 Å². The fourth-order valence-electron chi connectivity index (χ4n) is 5.61. The van der Waals surface area contributed by atoms with Gasteiger partial charge in [0.2, 0.25) is 11.9 Å². The molecule has 5 aromatic carbocycles. The number of carbonyl (C=O) groups excluding carboxylic acids is 1. The van der Waals surface area contributed by atoms with Crippen LogP contribution in [0, 0.1) is 0 Å². The normalized spacial score (nSPS) is 10.8. The van der Waals surface area contributed by atoms with Gasteiger partial charge in [-0.1, -0.05) is 73.3 Å². The number of rotatable bonds is 13. The lowest BCUT2D eigenvalue weighted by molar-refractivity contribution is -0.111. The maximum atomic E-state index is 12.1. The van der Waals surface area contributed by atoms with Crippen molar-refractivity contribution in [2.24, 2.45) is 0 Å². The molecule has 0 atom stereocenters. The molecule has 0 aliphatic rings. The Morgan fingerprint density at radius 3 is 2.02 bits per heavy atom. The molecule has 0 fully saturated rings. The molecule has 0 aliphatic carbocycles. The maximum Gasteiger partial charge on any atom is 0.247 e. The highest BCUT2D eigenvalue weighted by atomic mass is 16.5. The molecule has 0 saturated carbocycles. The van der Waals surface area contributed by atoms with E-state index in [0.29, 0.717) is 53.2 Å². The lowest BCUT2D eigenvalue weighted by Crippen LogP contribution is -2.24. The Morgan fingerprint density at radius 1 is 0.765 bits per heavy atom. The van der Waals surface area contributed by atoms with Gasteiger partial charge in [-0.3, -0.25) is 9.36 Å². The molecule has 0 radical (unpaired) electrons. The second kappa shape index (κ2) is 15.1. The maximum absolute atomic E-state index is 12.1. The number of hydrogen-bond donors (Lipinski definition) is 2. The number of amides is 1. The highest BCUT2D eigenvalue weighted by Gasteiger charge is 2.21. The van der Waals surface area contributed by atoms with Gasteiger partial charge in [0.25, 0.3) is 0 Å². The third kappa shape index (κ3) is 7.87. The summed E-state index contributed by atoms with van der Waals surface area (Å²) >= 11 is 0. The van der Waals surface area contributed by atoms with Crippen LogP contribution in [0.1, 0.15) is 11.1 Å². The Labute approximate surface area is 295 Å². The quantitative estimate of drug-likeness (QED) is 0.117. The molecule has 0 aliphatic heterocycles. The molecule has 0 unspecified atom stereocenters. The Hall–Kier alpha value is -6.94. The number of anilines is 4. The van der Waals surface area contributed by atoms with Gasteiger partial charge in [0.1, 0.15) is 23.6 Å². The van der Waals surface area contributed by atoms with Gasteiger partial charge in [-0.25, -0.2) is 4.98 Å². The molecule has 2 aromatic heterocycles. The summed E-state index contributed by atoms with van der Waals surface area (Å²) in [6, 6.07) is 43.1. The number of imidazole rings is 1. The molecule has 7 aromatic rings. The lowest BCUT2D eigenvalue weighted by Gasteiger charge is -2.25. The van der Waals surface area contributed by atoms with Gasteiger partial charge in [-0.05, 0) is 83.9 Å². The minimum absolute atomic E-state index is 0.295. The van der Waals surface area contributed by atoms with Crippen molar-refractivity contribution in [1.82, 2.24) is 19.5 Å². The predicted octanol–water partition coefficient (Wildman–Crippen LogP) is 8.69. The zero-order chi connectivity index (χ0) is 35.0. The van der Waals surface area contributed by atoms with Crippen molar-refractivity contribution in [3.05, 3.63) is 164 Å². The van der Waals surface area contributed by atoms with E-state index < -0.39 is 0 Å². The number of methoxy groups -OCH3 is 1. The first-order valence-electron chi connectivity index (χ1n) is 16.4. The van der Waals surface area contributed by atoms with E-state index in [2.05, 4.69) is 46.4 Å². The number of ether oxygens (including phenoxy) is 2. The van der Waals surface area contributed by atoms with Crippen molar-refractivity contribution >= 4 is 40.2 Å². The van der Waals surface area contributed by atoms with Crippen LogP contribution in [-0.4, -0.2) is 32.5 Å². The van der Waals surface area contributed by atoms with Gasteiger partial charge in [0.15, 0.2) is 17.0 Å². The summed E-state index contributed by atoms with van der Waals surface area (Å²) in [6.07, 6.45) is 2.97. The van der Waals surface area contributed by atoms with Crippen LogP contribution >= 0.6 is 0 Å². The number of hydrogen-bond acceptors (Lipinski definition) is 8. The first kappa shape index (κ1) is 32.6. The summed E-state index contributed by atoms with van der Waals surface area (Å²) in [4.78, 5) is 29.2. The van der Waals surface area contributed by atoms with E-state index in [1.165, 1.54) is 6.08 Å². The number of benzene rings is 5. The second-order valence-corrected chi connectivity index (χ2v) is 11.7. The van der Waals surface area contributed by atoms with Gasteiger partial charge in [-0.15, -0.1) is 0 Å². The van der Waals surface area contributed by atoms with Crippen LogP contribution in [0.25, 0.3) is 16.9 Å². The Bertz CT molecular complexity index is 2210. The summed E-state index contributed by atoms with van der Waals surface area (Å²) < 4.78 is 13.2. The van der Waals surface area contributed by atoms with Gasteiger partial charge < -0.3 is 25.0 Å². The molecule has 0 bridgehead atoms. The molecular weight excluding hydrogens is 638 g/mol. The summed E-state index contributed by atoms with van der Waals surface area (Å²) in [5.41, 5.74) is 5.67. The highest BCUT2D eigenvalue weighted by molar-refractivity contribution is 5.99. The van der Waals surface area contributed by atoms with Crippen molar-refractivity contribution in [3.63, 3.8) is 0 Å². The lowest BCUT2D eigenvalue weighted by atomic mass is 10.1. The molecule has 10 heteroatoms. The van der Waals surface area contributed by atoms with Crippen LogP contribution in [0.15, 0.2) is 152 Å². The highest BCUT2D eigenvalue weighted by Crippen LogP contribution is 2.31. The molecule has 1 amide bonds. The zero-order valence-corrected chi connectivity index (χ0v) is 27.9. The van der Waals surface area contributed by atoms with Crippen LogP contribution in [0.5, 0.6) is 17.2 Å². The summed E-state index contributed by atoms with van der Waals surface area (Å²) in [7, 11) is 1.63. The van der Waals surface area contributed by atoms with Crippen LogP contribution in [-0.2, 0) is 17.9 Å². The van der Waals surface area contributed by atoms with Gasteiger partial charge in [0.05, 0.1) is 12.8 Å². The van der Waals surface area contributed by atoms with Crippen molar-refractivity contribution < 1.29 is 14.3 Å². The fraction of sp³-hybridized carbons (Fsp3) is 0.0732. The fourth-order valence-corrected chi connectivity index (χ4v) is 5.61. The Kier molecular flexibility index (Phi) is 9.64. The number of carbonyl (C=O) groups is 1. The summed E-state index contributed by atoms with van der Waals surface area (Å²) in [6.45, 7) is 4.75. The smallest absolute Gasteiger partial charge is 0.247 e. The summed E-state index contributed by atoms with van der Waals surface area (Å²) in [5.74, 6) is 2.92. The van der Waals surface area contributed by atoms with Crippen molar-refractivity contribution in [2.45, 2.75) is 13.1 Å². The van der Waals surface area contributed by atoms with E-state index in [1.807, 2.05) is 114 Å². The molecule has 2 heterocycles. The van der Waals surface area contributed by atoms with Gasteiger partial charge >= 0.3 is 0 Å². The molecule has 252 valence electrons. The number of nitrogens with one attached hydrogen (secondary N) is 2. The molecule has 51 heavy (non-hydrogen) atoms. The largest absolute Gasteiger partial charge is 0.497 e. The van der Waals surface area contributed by atoms with E-state index in [4.69, 9.17) is 24.4 Å². The van der Waals surface area contributed by atoms with Gasteiger partial charge in [0, 0.05) is 24.5 Å². The average Bonchev–Trinajstić information content (AvgIpc) is 3.60. The standard InChI is InChI=1S/C41H35N7O3/c1-3-37(49)43-32-15-10-16-33(25-32)48-28-42-38-39(47(26-29-11-6-4-7-12-29)27-30-13-8-5-9-14-30)45-41(46-40(38)48)44-31-17-19-35(20-18-31)51-36-23-21-34(50-2)22-24-36/h3-25,28H,1,26-27H2,2H3,(H,43,49)(H,44,45,46). The van der Waals surface area contributed by atoms with E-state index in [9.17, 15) is 4.79 Å². The molecule has 0 saturated heterocycles. The summed E-state index contributed by atoms with van der Waals surface area (Å²) in [5, 5.41) is 6.24. The van der Waals surface area contributed by atoms with Crippen LogP contribution in [0.4, 0.5) is 23.1 Å². The topological polar surface area (TPSA) is 106 Å². The van der Waals surface area contributed by atoms with Crippen molar-refractivity contribution in [1.29, 1.82) is 0 Å². The van der Waals surface area contributed by atoms with Crippen LogP contribution < -0.4 is 25.0 Å². The van der Waals surface area contributed by atoms with E-state index in [0.717, 1.165) is 28.3 Å². The van der Waals surface area contributed by atoms with E-state index in [1.54, 1.807) is 13.4 Å². The monoisotopic (exact) mass is 673 g/mol. The van der Waals surface area contributed by atoms with Gasteiger partial charge in [-0.2, -0.15) is 9.97 Å². The predicted molar refractivity (Wildman–Crippen MR) is 201 cm³/mol. The second-order valence-electron chi connectivity index (χ2n) is 11.7. The van der Waals surface area contributed by atoms with Crippen LogP contribution in [0.2, 0.25) is 0 Å². The number of aromatic nitrogens is 4. The molecule has 0 spiro atoms.